The van der Waals surface area contributed by atoms with Crippen molar-refractivity contribution in [2.75, 3.05) is 6.54 Å². The highest BCUT2D eigenvalue weighted by molar-refractivity contribution is 6.94. The summed E-state index contributed by atoms with van der Waals surface area (Å²) < 4.78 is 1.60. The van der Waals surface area contributed by atoms with Crippen LogP contribution in [-0.4, -0.2) is 63.6 Å². The van der Waals surface area contributed by atoms with Gasteiger partial charge < -0.3 is 15.3 Å². The maximum absolute atomic E-state index is 13.3. The molecule has 0 radical (unpaired) electrons. The monoisotopic (exact) mass is 561 g/mol. The second-order valence-electron chi connectivity index (χ2n) is 11.9. The molecule has 2 N–H and O–H groups in total. The van der Waals surface area contributed by atoms with Crippen LogP contribution < -0.4 is 10.6 Å². The first-order valence-corrected chi connectivity index (χ1v) is 16.6. The van der Waals surface area contributed by atoms with Crippen molar-refractivity contribution >= 4 is 25.2 Å². The van der Waals surface area contributed by atoms with Crippen molar-refractivity contribution in [3.63, 3.8) is 0 Å². The number of nitrogens with zero attached hydrogens (tertiary/aromatic N) is 4. The Kier molecular flexibility index (Phi) is 9.25. The molecule has 1 fully saturated rings. The van der Waals surface area contributed by atoms with E-state index in [1.54, 1.807) is 4.68 Å². The van der Waals surface area contributed by atoms with Crippen LogP contribution in [0.3, 0.4) is 0 Å². The van der Waals surface area contributed by atoms with Crippen molar-refractivity contribution in [2.24, 2.45) is 0 Å². The Balaban J connectivity index is 1.40. The summed E-state index contributed by atoms with van der Waals surface area (Å²) in [5.74, 6) is -0.506. The van der Waals surface area contributed by atoms with Crippen LogP contribution >= 0.6 is 0 Å². The minimum atomic E-state index is -2.00. The molecule has 0 unspecified atom stereocenters. The van der Waals surface area contributed by atoms with E-state index in [2.05, 4.69) is 69.3 Å². The van der Waals surface area contributed by atoms with Crippen molar-refractivity contribution in [2.45, 2.75) is 89.8 Å². The number of benzene rings is 2. The van der Waals surface area contributed by atoms with Crippen molar-refractivity contribution in [3.05, 3.63) is 66.4 Å². The fourth-order valence-electron chi connectivity index (χ4n) is 6.78. The zero-order valence-corrected chi connectivity index (χ0v) is 25.5. The van der Waals surface area contributed by atoms with E-state index in [4.69, 9.17) is 0 Å². The van der Waals surface area contributed by atoms with Gasteiger partial charge in [0.15, 0.2) is 0 Å². The average molecular weight is 562 g/mol. The van der Waals surface area contributed by atoms with Crippen LogP contribution in [0.2, 0.25) is 16.6 Å². The number of aliphatic hydroxyl groups excluding tert-OH is 1. The van der Waals surface area contributed by atoms with Crippen LogP contribution in [0.1, 0.15) is 53.5 Å². The summed E-state index contributed by atoms with van der Waals surface area (Å²) in [6.45, 7) is 14.1. The molecule has 8 nitrogen and oxygen atoms in total. The van der Waals surface area contributed by atoms with Gasteiger partial charge in [-0.3, -0.25) is 9.59 Å². The number of hydrogen-bond acceptors (Lipinski definition) is 5. The summed E-state index contributed by atoms with van der Waals surface area (Å²) in [6.07, 6.45) is 1.42. The maximum atomic E-state index is 13.3. The number of likely N-dealkylation sites (tertiary alicyclic amines) is 1. The minimum absolute atomic E-state index is 0.0107. The Hall–Kier alpha value is -3.30. The molecular weight excluding hydrogens is 518 g/mol. The number of nitrogens with one attached hydrogen (secondary N) is 1. The standard InChI is InChI=1S/C31H43N5O3Si/c1-21(2)40(22(3)4,23(5)6)29-19-35(34-33-29)20-30(38)36-18-27(37)16-28(36)31(39)32-17-24-12-14-26(15-13-24)25-10-8-7-9-11-25/h7-15,19,21-23,27-28,37H,16-18,20H2,1-6H3,(H,32,39)/t27-,28+/m1/s1. The topological polar surface area (TPSA) is 100 Å². The summed E-state index contributed by atoms with van der Waals surface area (Å²) in [7, 11) is -2.00. The number of rotatable bonds is 10. The van der Waals surface area contributed by atoms with Gasteiger partial charge in [0, 0.05) is 25.7 Å². The molecule has 0 spiro atoms. The number of carbonyl (C=O) groups excluding carboxylic acids is 2. The van der Waals surface area contributed by atoms with Crippen molar-refractivity contribution in [1.82, 2.24) is 25.2 Å². The lowest BCUT2D eigenvalue weighted by Gasteiger charge is -2.41. The van der Waals surface area contributed by atoms with Gasteiger partial charge in [0.2, 0.25) is 11.8 Å². The quantitative estimate of drug-likeness (QED) is 0.363. The molecule has 4 rings (SSSR count). The van der Waals surface area contributed by atoms with Crippen molar-refractivity contribution in [1.29, 1.82) is 0 Å². The van der Waals surface area contributed by atoms with E-state index in [1.807, 2.05) is 48.7 Å². The molecule has 0 bridgehead atoms. The summed E-state index contributed by atoms with van der Waals surface area (Å²) in [5, 5.41) is 23.2. The first-order valence-electron chi connectivity index (χ1n) is 14.3. The van der Waals surface area contributed by atoms with Gasteiger partial charge in [-0.05, 0) is 33.3 Å². The molecule has 2 heterocycles. The number of aliphatic hydroxyl groups is 1. The van der Waals surface area contributed by atoms with Crippen LogP contribution in [0, 0.1) is 0 Å². The summed E-state index contributed by atoms with van der Waals surface area (Å²) >= 11 is 0. The smallest absolute Gasteiger partial charge is 0.245 e. The summed E-state index contributed by atoms with van der Waals surface area (Å²) in [4.78, 5) is 28.0. The van der Waals surface area contributed by atoms with Crippen LogP contribution in [0.25, 0.3) is 11.1 Å². The van der Waals surface area contributed by atoms with E-state index >= 15 is 0 Å². The third-order valence-electron chi connectivity index (χ3n) is 8.58. The second kappa shape index (κ2) is 12.5. The molecule has 2 aromatic carbocycles. The lowest BCUT2D eigenvalue weighted by atomic mass is 10.0. The van der Waals surface area contributed by atoms with E-state index < -0.39 is 20.2 Å². The highest BCUT2D eigenvalue weighted by atomic mass is 28.3. The highest BCUT2D eigenvalue weighted by Gasteiger charge is 2.47. The molecule has 0 aliphatic carbocycles. The lowest BCUT2D eigenvalue weighted by molar-refractivity contribution is -0.139. The fraction of sp³-hybridized carbons (Fsp3) is 0.484. The van der Waals surface area contributed by atoms with Gasteiger partial charge in [0.05, 0.1) is 11.4 Å². The maximum Gasteiger partial charge on any atom is 0.245 e. The van der Waals surface area contributed by atoms with E-state index in [-0.39, 0.29) is 31.3 Å². The van der Waals surface area contributed by atoms with Gasteiger partial charge in [-0.25, -0.2) is 4.68 Å². The molecule has 3 aromatic rings. The van der Waals surface area contributed by atoms with E-state index in [0.29, 0.717) is 23.2 Å². The molecule has 214 valence electrons. The van der Waals surface area contributed by atoms with E-state index in [9.17, 15) is 14.7 Å². The van der Waals surface area contributed by atoms with Gasteiger partial charge in [-0.1, -0.05) is 101 Å². The largest absolute Gasteiger partial charge is 0.391 e. The zero-order chi connectivity index (χ0) is 29.0. The third-order valence-corrected chi connectivity index (χ3v) is 15.4. The van der Waals surface area contributed by atoms with Crippen LogP contribution in [-0.2, 0) is 22.7 Å². The van der Waals surface area contributed by atoms with Gasteiger partial charge in [0.25, 0.3) is 0 Å². The van der Waals surface area contributed by atoms with E-state index in [1.165, 1.54) is 4.90 Å². The first-order chi connectivity index (χ1) is 19.0. The molecule has 40 heavy (non-hydrogen) atoms. The Labute approximate surface area is 238 Å². The Morgan fingerprint density at radius 3 is 2.15 bits per heavy atom. The van der Waals surface area contributed by atoms with Crippen LogP contribution in [0.4, 0.5) is 0 Å². The second-order valence-corrected chi connectivity index (χ2v) is 17.8. The SMILES string of the molecule is CC(C)[Si](c1cn(CC(=O)N2C[C@H](O)C[C@H]2C(=O)NCc2ccc(-c3ccccc3)cc2)nn1)(C(C)C)C(C)C. The molecular formula is C31H43N5O3Si. The Bertz CT molecular complexity index is 1270. The molecule has 1 aromatic heterocycles. The Morgan fingerprint density at radius 1 is 0.950 bits per heavy atom. The Morgan fingerprint density at radius 2 is 1.55 bits per heavy atom. The normalized spacial score (nSPS) is 17.7. The minimum Gasteiger partial charge on any atom is -0.391 e. The van der Waals surface area contributed by atoms with Gasteiger partial charge in [0.1, 0.15) is 20.7 Å². The zero-order valence-electron chi connectivity index (χ0n) is 24.5. The highest BCUT2D eigenvalue weighted by Crippen LogP contribution is 2.40. The van der Waals surface area contributed by atoms with Gasteiger partial charge >= 0.3 is 0 Å². The average Bonchev–Trinajstić information content (AvgIpc) is 3.54. The van der Waals surface area contributed by atoms with E-state index in [0.717, 1.165) is 22.0 Å². The molecule has 9 heteroatoms. The number of hydrogen-bond donors (Lipinski definition) is 2. The van der Waals surface area contributed by atoms with Crippen molar-refractivity contribution < 1.29 is 14.7 Å². The summed E-state index contributed by atoms with van der Waals surface area (Å²) in [6, 6.07) is 17.5. The number of aromatic nitrogens is 3. The van der Waals surface area contributed by atoms with Gasteiger partial charge in [-0.2, -0.15) is 0 Å². The number of carbonyl (C=O) groups is 2. The molecule has 2 atom stereocenters. The molecule has 0 saturated carbocycles. The molecule has 1 saturated heterocycles. The first kappa shape index (κ1) is 29.7. The fourth-order valence-corrected chi connectivity index (χ4v) is 13.1. The van der Waals surface area contributed by atoms with Crippen molar-refractivity contribution in [3.8, 4) is 11.1 Å². The third kappa shape index (κ3) is 6.05. The predicted octanol–water partition coefficient (Wildman–Crippen LogP) is 4.11. The number of β-amino-alcohol motifs (C(OH)–C–C–N with tert-alkyl or cyclic N) is 1. The number of amides is 2. The van der Waals surface area contributed by atoms with Gasteiger partial charge in [-0.15, -0.1) is 5.10 Å². The lowest BCUT2D eigenvalue weighted by Crippen LogP contribution is -2.56. The molecule has 1 aliphatic rings. The molecule has 2 amide bonds. The predicted molar refractivity (Wildman–Crippen MR) is 161 cm³/mol. The van der Waals surface area contributed by atoms with Crippen LogP contribution in [0.5, 0.6) is 0 Å². The van der Waals surface area contributed by atoms with Crippen LogP contribution in [0.15, 0.2) is 60.8 Å². The summed E-state index contributed by atoms with van der Waals surface area (Å²) in [5.41, 5.74) is 4.64. The molecule has 1 aliphatic heterocycles.